The number of hydrogen-bond acceptors (Lipinski definition) is 1. The van der Waals surface area contributed by atoms with Crippen molar-refractivity contribution < 1.29 is 5.11 Å². The first kappa shape index (κ1) is 11.9. The summed E-state index contributed by atoms with van der Waals surface area (Å²) in [4.78, 5) is 0. The SMILES string of the molecule is CCc1ccccc1C(O)c1ccccc1C. The maximum atomic E-state index is 10.5. The van der Waals surface area contributed by atoms with Gasteiger partial charge in [-0.25, -0.2) is 0 Å². The zero-order valence-corrected chi connectivity index (χ0v) is 10.4. The fourth-order valence-electron chi connectivity index (χ4n) is 2.18. The van der Waals surface area contributed by atoms with Gasteiger partial charge in [0.25, 0.3) is 0 Å². The Bertz CT molecular complexity index is 502. The van der Waals surface area contributed by atoms with Crippen LogP contribution in [0, 0.1) is 6.92 Å². The molecule has 0 bridgehead atoms. The molecule has 1 nitrogen and oxygen atoms in total. The van der Waals surface area contributed by atoms with Gasteiger partial charge in [0.2, 0.25) is 0 Å². The molecule has 0 heterocycles. The largest absolute Gasteiger partial charge is 0.384 e. The van der Waals surface area contributed by atoms with Crippen molar-refractivity contribution in [3.8, 4) is 0 Å². The first-order valence-corrected chi connectivity index (χ1v) is 6.05. The van der Waals surface area contributed by atoms with E-state index in [1.54, 1.807) is 0 Å². The van der Waals surface area contributed by atoms with E-state index in [4.69, 9.17) is 0 Å². The highest BCUT2D eigenvalue weighted by Crippen LogP contribution is 2.27. The number of rotatable bonds is 3. The molecular formula is C16H18O. The Morgan fingerprint density at radius 3 is 2.18 bits per heavy atom. The topological polar surface area (TPSA) is 20.2 Å². The van der Waals surface area contributed by atoms with Crippen LogP contribution in [-0.2, 0) is 6.42 Å². The van der Waals surface area contributed by atoms with E-state index in [9.17, 15) is 5.11 Å². The summed E-state index contributed by atoms with van der Waals surface area (Å²) in [5.41, 5.74) is 4.35. The molecule has 2 aromatic carbocycles. The normalized spacial score (nSPS) is 12.4. The summed E-state index contributed by atoms with van der Waals surface area (Å²) < 4.78 is 0. The second-order valence-corrected chi connectivity index (χ2v) is 4.31. The molecule has 2 aromatic rings. The van der Waals surface area contributed by atoms with Crippen molar-refractivity contribution >= 4 is 0 Å². The van der Waals surface area contributed by atoms with Crippen LogP contribution in [0.4, 0.5) is 0 Å². The second-order valence-electron chi connectivity index (χ2n) is 4.31. The predicted octanol–water partition coefficient (Wildman–Crippen LogP) is 3.64. The molecule has 88 valence electrons. The Hall–Kier alpha value is -1.60. The minimum Gasteiger partial charge on any atom is -0.384 e. The molecule has 1 unspecified atom stereocenters. The highest BCUT2D eigenvalue weighted by Gasteiger charge is 2.14. The molecule has 17 heavy (non-hydrogen) atoms. The molecule has 0 aliphatic heterocycles. The van der Waals surface area contributed by atoms with Crippen LogP contribution in [0.5, 0.6) is 0 Å². The summed E-state index contributed by atoms with van der Waals surface area (Å²) in [7, 11) is 0. The average molecular weight is 226 g/mol. The van der Waals surface area contributed by atoms with E-state index in [-0.39, 0.29) is 0 Å². The fraction of sp³-hybridized carbons (Fsp3) is 0.250. The number of benzene rings is 2. The van der Waals surface area contributed by atoms with Gasteiger partial charge < -0.3 is 5.11 Å². The highest BCUT2D eigenvalue weighted by atomic mass is 16.3. The second kappa shape index (κ2) is 5.15. The molecule has 0 radical (unpaired) electrons. The van der Waals surface area contributed by atoms with Crippen LogP contribution in [0.15, 0.2) is 48.5 Å². The Kier molecular flexibility index (Phi) is 3.60. The smallest absolute Gasteiger partial charge is 0.105 e. The van der Waals surface area contributed by atoms with E-state index >= 15 is 0 Å². The molecule has 1 N–H and O–H groups in total. The molecular weight excluding hydrogens is 208 g/mol. The van der Waals surface area contributed by atoms with Gasteiger partial charge in [-0.1, -0.05) is 55.5 Å². The maximum absolute atomic E-state index is 10.5. The highest BCUT2D eigenvalue weighted by molar-refractivity contribution is 5.39. The van der Waals surface area contributed by atoms with E-state index in [0.717, 1.165) is 23.1 Å². The molecule has 1 atom stereocenters. The van der Waals surface area contributed by atoms with Crippen molar-refractivity contribution in [2.75, 3.05) is 0 Å². The van der Waals surface area contributed by atoms with Gasteiger partial charge in [0.1, 0.15) is 6.10 Å². The van der Waals surface area contributed by atoms with Crippen LogP contribution in [0.25, 0.3) is 0 Å². The number of aliphatic hydroxyl groups is 1. The molecule has 0 amide bonds. The summed E-state index contributed by atoms with van der Waals surface area (Å²) in [5.74, 6) is 0. The van der Waals surface area contributed by atoms with E-state index in [2.05, 4.69) is 13.0 Å². The first-order valence-electron chi connectivity index (χ1n) is 6.05. The van der Waals surface area contributed by atoms with Crippen LogP contribution in [0.3, 0.4) is 0 Å². The lowest BCUT2D eigenvalue weighted by atomic mass is 9.93. The predicted molar refractivity (Wildman–Crippen MR) is 71.1 cm³/mol. The first-order chi connectivity index (χ1) is 8.24. The quantitative estimate of drug-likeness (QED) is 0.847. The minimum absolute atomic E-state index is 0.521. The van der Waals surface area contributed by atoms with Gasteiger partial charge in [0.15, 0.2) is 0 Å². The summed E-state index contributed by atoms with van der Waals surface area (Å²) >= 11 is 0. The Balaban J connectivity index is 2.44. The van der Waals surface area contributed by atoms with Gasteiger partial charge in [-0.3, -0.25) is 0 Å². The van der Waals surface area contributed by atoms with E-state index in [0.29, 0.717) is 0 Å². The third kappa shape index (κ3) is 2.40. The zero-order valence-electron chi connectivity index (χ0n) is 10.4. The van der Waals surface area contributed by atoms with Crippen LogP contribution in [0.1, 0.15) is 35.3 Å². The van der Waals surface area contributed by atoms with E-state index < -0.39 is 6.10 Å². The van der Waals surface area contributed by atoms with Crippen molar-refractivity contribution in [2.45, 2.75) is 26.4 Å². The summed E-state index contributed by atoms with van der Waals surface area (Å²) in [6, 6.07) is 16.1. The van der Waals surface area contributed by atoms with E-state index in [1.165, 1.54) is 5.56 Å². The molecule has 0 saturated heterocycles. The van der Waals surface area contributed by atoms with Crippen LogP contribution in [0.2, 0.25) is 0 Å². The Morgan fingerprint density at radius 2 is 1.53 bits per heavy atom. The third-order valence-electron chi connectivity index (χ3n) is 3.21. The molecule has 0 aliphatic carbocycles. The summed E-state index contributed by atoms with van der Waals surface area (Å²) in [5, 5.41) is 10.5. The molecule has 0 aromatic heterocycles. The molecule has 0 aliphatic rings. The Labute approximate surface area is 103 Å². The average Bonchev–Trinajstić information content (AvgIpc) is 2.38. The minimum atomic E-state index is -0.521. The number of hydrogen-bond donors (Lipinski definition) is 1. The number of aliphatic hydroxyl groups excluding tert-OH is 1. The van der Waals surface area contributed by atoms with Gasteiger partial charge in [0, 0.05) is 0 Å². The van der Waals surface area contributed by atoms with Gasteiger partial charge in [-0.05, 0) is 35.6 Å². The third-order valence-corrected chi connectivity index (χ3v) is 3.21. The fourth-order valence-corrected chi connectivity index (χ4v) is 2.18. The maximum Gasteiger partial charge on any atom is 0.105 e. The monoisotopic (exact) mass is 226 g/mol. The number of aryl methyl sites for hydroxylation is 2. The van der Waals surface area contributed by atoms with Crippen molar-refractivity contribution in [3.05, 3.63) is 70.8 Å². The summed E-state index contributed by atoms with van der Waals surface area (Å²) in [6.45, 7) is 4.15. The van der Waals surface area contributed by atoms with Gasteiger partial charge >= 0.3 is 0 Å². The van der Waals surface area contributed by atoms with Crippen LogP contribution < -0.4 is 0 Å². The lowest BCUT2D eigenvalue weighted by Gasteiger charge is -2.17. The zero-order chi connectivity index (χ0) is 12.3. The standard InChI is InChI=1S/C16H18O/c1-3-13-9-5-7-11-15(13)16(17)14-10-6-4-8-12(14)2/h4-11,16-17H,3H2,1-2H3. The summed E-state index contributed by atoms with van der Waals surface area (Å²) in [6.07, 6.45) is 0.423. The lowest BCUT2D eigenvalue weighted by molar-refractivity contribution is 0.218. The van der Waals surface area contributed by atoms with Gasteiger partial charge in [-0.15, -0.1) is 0 Å². The van der Waals surface area contributed by atoms with Crippen LogP contribution in [-0.4, -0.2) is 5.11 Å². The van der Waals surface area contributed by atoms with Crippen LogP contribution >= 0.6 is 0 Å². The van der Waals surface area contributed by atoms with Crippen molar-refractivity contribution in [3.63, 3.8) is 0 Å². The Morgan fingerprint density at radius 1 is 0.941 bits per heavy atom. The van der Waals surface area contributed by atoms with Crippen molar-refractivity contribution in [1.29, 1.82) is 0 Å². The molecule has 1 heteroatoms. The van der Waals surface area contributed by atoms with Crippen molar-refractivity contribution in [2.24, 2.45) is 0 Å². The molecule has 0 spiro atoms. The van der Waals surface area contributed by atoms with Gasteiger partial charge in [-0.2, -0.15) is 0 Å². The lowest BCUT2D eigenvalue weighted by Crippen LogP contribution is -2.04. The van der Waals surface area contributed by atoms with Gasteiger partial charge in [0.05, 0.1) is 0 Å². The van der Waals surface area contributed by atoms with E-state index in [1.807, 2.05) is 49.4 Å². The molecule has 0 saturated carbocycles. The molecule has 0 fully saturated rings. The van der Waals surface area contributed by atoms with Crippen molar-refractivity contribution in [1.82, 2.24) is 0 Å². The molecule has 2 rings (SSSR count).